The molecule has 5 heteroatoms. The standard InChI is InChI=1S/C15H16BrN3O/c1-2-17-14-8-5-12(10-18-14)15(20)19-9-11-3-6-13(16)7-4-11/h3-8,10H,2,9H2,1H3,(H,17,18)(H,19,20). The molecule has 1 amide bonds. The van der Waals surface area contributed by atoms with Crippen LogP contribution in [0.4, 0.5) is 5.82 Å². The first kappa shape index (κ1) is 14.5. The average Bonchev–Trinajstić information content (AvgIpc) is 2.47. The Balaban J connectivity index is 1.92. The van der Waals surface area contributed by atoms with Crippen molar-refractivity contribution in [3.8, 4) is 0 Å². The number of carbonyl (C=O) groups excluding carboxylic acids is 1. The zero-order valence-electron chi connectivity index (χ0n) is 11.2. The van der Waals surface area contributed by atoms with Crippen molar-refractivity contribution in [2.24, 2.45) is 0 Å². The summed E-state index contributed by atoms with van der Waals surface area (Å²) < 4.78 is 1.02. The highest BCUT2D eigenvalue weighted by Gasteiger charge is 2.05. The summed E-state index contributed by atoms with van der Waals surface area (Å²) in [6.07, 6.45) is 1.58. The summed E-state index contributed by atoms with van der Waals surface area (Å²) in [6, 6.07) is 11.4. The molecule has 4 nitrogen and oxygen atoms in total. The highest BCUT2D eigenvalue weighted by Crippen LogP contribution is 2.10. The maximum Gasteiger partial charge on any atom is 0.253 e. The van der Waals surface area contributed by atoms with Crippen molar-refractivity contribution in [2.45, 2.75) is 13.5 Å². The van der Waals surface area contributed by atoms with Crippen LogP contribution in [0.5, 0.6) is 0 Å². The van der Waals surface area contributed by atoms with E-state index in [0.29, 0.717) is 12.1 Å². The van der Waals surface area contributed by atoms with E-state index in [9.17, 15) is 4.79 Å². The Bertz CT molecular complexity index is 567. The van der Waals surface area contributed by atoms with Crippen LogP contribution in [0.15, 0.2) is 47.1 Å². The fourth-order valence-electron chi connectivity index (χ4n) is 1.70. The van der Waals surface area contributed by atoms with E-state index >= 15 is 0 Å². The van der Waals surface area contributed by atoms with Gasteiger partial charge in [0.2, 0.25) is 0 Å². The molecule has 2 aromatic rings. The monoisotopic (exact) mass is 333 g/mol. The average molecular weight is 334 g/mol. The molecule has 0 aliphatic carbocycles. The molecule has 1 heterocycles. The number of rotatable bonds is 5. The molecule has 1 aromatic heterocycles. The zero-order valence-corrected chi connectivity index (χ0v) is 12.8. The summed E-state index contributed by atoms with van der Waals surface area (Å²) in [6.45, 7) is 3.31. The number of halogens is 1. The topological polar surface area (TPSA) is 54.0 Å². The fraction of sp³-hybridized carbons (Fsp3) is 0.200. The minimum Gasteiger partial charge on any atom is -0.370 e. The van der Waals surface area contributed by atoms with E-state index in [1.165, 1.54) is 0 Å². The summed E-state index contributed by atoms with van der Waals surface area (Å²) >= 11 is 3.38. The first-order valence-electron chi connectivity index (χ1n) is 6.41. The van der Waals surface area contributed by atoms with Gasteiger partial charge in [-0.25, -0.2) is 4.98 Å². The Morgan fingerprint density at radius 2 is 1.95 bits per heavy atom. The van der Waals surface area contributed by atoms with Gasteiger partial charge < -0.3 is 10.6 Å². The SMILES string of the molecule is CCNc1ccc(C(=O)NCc2ccc(Br)cc2)cn1. The number of carbonyl (C=O) groups is 1. The maximum atomic E-state index is 12.0. The Labute approximate surface area is 126 Å². The van der Waals surface area contributed by atoms with Gasteiger partial charge in [0.15, 0.2) is 0 Å². The smallest absolute Gasteiger partial charge is 0.253 e. The second kappa shape index (κ2) is 7.05. The quantitative estimate of drug-likeness (QED) is 0.883. The van der Waals surface area contributed by atoms with Crippen LogP contribution < -0.4 is 10.6 Å². The molecule has 0 bridgehead atoms. The molecular weight excluding hydrogens is 318 g/mol. The van der Waals surface area contributed by atoms with Crippen LogP contribution in [0.2, 0.25) is 0 Å². The van der Waals surface area contributed by atoms with Crippen molar-refractivity contribution in [2.75, 3.05) is 11.9 Å². The molecule has 0 fully saturated rings. The van der Waals surface area contributed by atoms with Crippen molar-refractivity contribution >= 4 is 27.7 Å². The highest BCUT2D eigenvalue weighted by molar-refractivity contribution is 9.10. The highest BCUT2D eigenvalue weighted by atomic mass is 79.9. The van der Waals surface area contributed by atoms with Gasteiger partial charge >= 0.3 is 0 Å². The van der Waals surface area contributed by atoms with Gasteiger partial charge in [0.25, 0.3) is 5.91 Å². The molecule has 0 aliphatic heterocycles. The second-order valence-corrected chi connectivity index (χ2v) is 5.19. The number of hydrogen-bond acceptors (Lipinski definition) is 3. The van der Waals surface area contributed by atoms with E-state index in [4.69, 9.17) is 0 Å². The molecule has 0 unspecified atom stereocenters. The number of nitrogens with zero attached hydrogens (tertiary/aromatic N) is 1. The summed E-state index contributed by atoms with van der Waals surface area (Å²) in [7, 11) is 0. The predicted molar refractivity (Wildman–Crippen MR) is 83.7 cm³/mol. The van der Waals surface area contributed by atoms with Gasteiger partial charge in [-0.3, -0.25) is 4.79 Å². The van der Waals surface area contributed by atoms with Crippen LogP contribution in [0, 0.1) is 0 Å². The van der Waals surface area contributed by atoms with Crippen molar-refractivity contribution in [1.29, 1.82) is 0 Å². The van der Waals surface area contributed by atoms with Crippen molar-refractivity contribution in [1.82, 2.24) is 10.3 Å². The van der Waals surface area contributed by atoms with Crippen LogP contribution in [-0.2, 0) is 6.54 Å². The minimum atomic E-state index is -0.122. The van der Waals surface area contributed by atoms with Crippen LogP contribution in [0.3, 0.4) is 0 Å². The molecule has 0 radical (unpaired) electrons. The lowest BCUT2D eigenvalue weighted by atomic mass is 10.2. The predicted octanol–water partition coefficient (Wildman–Crippen LogP) is 3.21. The molecule has 0 atom stereocenters. The lowest BCUT2D eigenvalue weighted by Crippen LogP contribution is -2.22. The first-order chi connectivity index (χ1) is 9.69. The van der Waals surface area contributed by atoms with Crippen molar-refractivity contribution in [3.63, 3.8) is 0 Å². The molecule has 1 aromatic carbocycles. The first-order valence-corrected chi connectivity index (χ1v) is 7.21. The number of aromatic nitrogens is 1. The molecule has 20 heavy (non-hydrogen) atoms. The Kier molecular flexibility index (Phi) is 5.12. The Morgan fingerprint density at radius 3 is 2.55 bits per heavy atom. The van der Waals surface area contributed by atoms with Crippen LogP contribution >= 0.6 is 15.9 Å². The molecule has 2 rings (SSSR count). The number of pyridine rings is 1. The van der Waals surface area contributed by atoms with Crippen LogP contribution in [0.25, 0.3) is 0 Å². The summed E-state index contributed by atoms with van der Waals surface area (Å²) in [5.74, 6) is 0.653. The molecule has 104 valence electrons. The summed E-state index contributed by atoms with van der Waals surface area (Å²) in [5, 5.41) is 5.96. The third-order valence-corrected chi connectivity index (χ3v) is 3.28. The van der Waals surface area contributed by atoms with Gasteiger partial charge in [0.1, 0.15) is 5.82 Å². The summed E-state index contributed by atoms with van der Waals surface area (Å²) in [4.78, 5) is 16.2. The fourth-order valence-corrected chi connectivity index (χ4v) is 1.96. The van der Waals surface area contributed by atoms with E-state index in [2.05, 4.69) is 31.5 Å². The Hall–Kier alpha value is -1.88. The molecule has 0 saturated heterocycles. The van der Waals surface area contributed by atoms with Gasteiger partial charge in [0.05, 0.1) is 5.56 Å². The third kappa shape index (κ3) is 4.06. The van der Waals surface area contributed by atoms with Crippen LogP contribution in [-0.4, -0.2) is 17.4 Å². The zero-order chi connectivity index (χ0) is 14.4. The van der Waals surface area contributed by atoms with Gasteiger partial charge in [-0.1, -0.05) is 28.1 Å². The second-order valence-electron chi connectivity index (χ2n) is 4.27. The van der Waals surface area contributed by atoms with E-state index in [1.54, 1.807) is 18.3 Å². The van der Waals surface area contributed by atoms with E-state index in [-0.39, 0.29) is 5.91 Å². The molecule has 0 spiro atoms. The third-order valence-electron chi connectivity index (χ3n) is 2.75. The number of benzene rings is 1. The number of amides is 1. The molecular formula is C15H16BrN3O. The van der Waals surface area contributed by atoms with Gasteiger partial charge in [0, 0.05) is 23.8 Å². The largest absolute Gasteiger partial charge is 0.370 e. The van der Waals surface area contributed by atoms with Crippen molar-refractivity contribution < 1.29 is 4.79 Å². The van der Waals surface area contributed by atoms with E-state index in [1.807, 2.05) is 31.2 Å². The maximum absolute atomic E-state index is 12.0. The van der Waals surface area contributed by atoms with E-state index in [0.717, 1.165) is 22.4 Å². The number of nitrogens with one attached hydrogen (secondary N) is 2. The summed E-state index contributed by atoms with van der Waals surface area (Å²) in [5.41, 5.74) is 1.61. The van der Waals surface area contributed by atoms with Crippen LogP contribution in [0.1, 0.15) is 22.8 Å². The van der Waals surface area contributed by atoms with Gasteiger partial charge in [-0.15, -0.1) is 0 Å². The number of hydrogen-bond donors (Lipinski definition) is 2. The Morgan fingerprint density at radius 1 is 1.20 bits per heavy atom. The molecule has 2 N–H and O–H groups in total. The number of anilines is 1. The van der Waals surface area contributed by atoms with Crippen molar-refractivity contribution in [3.05, 3.63) is 58.2 Å². The molecule has 0 saturated carbocycles. The van der Waals surface area contributed by atoms with Gasteiger partial charge in [-0.2, -0.15) is 0 Å². The molecule has 0 aliphatic rings. The van der Waals surface area contributed by atoms with E-state index < -0.39 is 0 Å². The van der Waals surface area contributed by atoms with Gasteiger partial charge in [-0.05, 0) is 36.8 Å². The minimum absolute atomic E-state index is 0.122. The normalized spacial score (nSPS) is 10.1. The lowest BCUT2D eigenvalue weighted by Gasteiger charge is -2.06. The lowest BCUT2D eigenvalue weighted by molar-refractivity contribution is 0.0950.